The van der Waals surface area contributed by atoms with Crippen LogP contribution in [0.4, 0.5) is 0 Å². The van der Waals surface area contributed by atoms with E-state index in [1.807, 2.05) is 6.08 Å². The molecule has 0 aromatic carbocycles. The van der Waals surface area contributed by atoms with Crippen LogP contribution < -0.4 is 0 Å². The molecule has 0 aromatic heterocycles. The van der Waals surface area contributed by atoms with Crippen molar-refractivity contribution in [1.82, 2.24) is 4.90 Å². The predicted octanol–water partition coefficient (Wildman–Crippen LogP) is 5.16. The third-order valence-electron chi connectivity index (χ3n) is 4.17. The van der Waals surface area contributed by atoms with E-state index in [-0.39, 0.29) is 6.10 Å². The quantitative estimate of drug-likeness (QED) is 0.300. The Balaban J connectivity index is 2.32. The number of aliphatic hydroxyl groups excluding tert-OH is 1. The summed E-state index contributed by atoms with van der Waals surface area (Å²) in [5.41, 5.74) is 0. The Morgan fingerprint density at radius 3 is 2.59 bits per heavy atom. The highest BCUT2D eigenvalue weighted by atomic mass is 32.2. The van der Waals surface area contributed by atoms with E-state index in [1.54, 1.807) is 11.8 Å². The van der Waals surface area contributed by atoms with Crippen molar-refractivity contribution in [3.05, 3.63) is 12.2 Å². The zero-order chi connectivity index (χ0) is 16.2. The van der Waals surface area contributed by atoms with Gasteiger partial charge in [-0.15, -0.1) is 0 Å². The first-order chi connectivity index (χ1) is 10.7. The van der Waals surface area contributed by atoms with Crippen LogP contribution in [0, 0.1) is 0 Å². The molecule has 128 valence electrons. The molecule has 2 nitrogen and oxygen atoms in total. The molecule has 0 saturated carbocycles. The molecule has 2 atom stereocenters. The Kier molecular flexibility index (Phi) is 11.2. The van der Waals surface area contributed by atoms with Crippen molar-refractivity contribution in [3.8, 4) is 0 Å². The van der Waals surface area contributed by atoms with E-state index in [9.17, 15) is 5.11 Å². The molecule has 0 aliphatic carbocycles. The molecule has 1 N–H and O–H groups in total. The summed E-state index contributed by atoms with van der Waals surface area (Å²) in [6.07, 6.45) is 14.8. The summed E-state index contributed by atoms with van der Waals surface area (Å²) in [7, 11) is 0. The second-order valence-electron chi connectivity index (χ2n) is 6.20. The van der Waals surface area contributed by atoms with Crippen LogP contribution in [-0.2, 0) is 0 Å². The highest BCUT2D eigenvalue weighted by molar-refractivity contribution is 8.23. The summed E-state index contributed by atoms with van der Waals surface area (Å²) < 4.78 is 1.03. The maximum Gasteiger partial charge on any atom is 0.136 e. The highest BCUT2D eigenvalue weighted by Crippen LogP contribution is 2.26. The van der Waals surface area contributed by atoms with E-state index in [0.717, 1.165) is 29.5 Å². The van der Waals surface area contributed by atoms with E-state index in [1.165, 1.54) is 44.9 Å². The maximum atomic E-state index is 10.0. The van der Waals surface area contributed by atoms with Gasteiger partial charge in [0.15, 0.2) is 0 Å². The molecule has 1 aliphatic heterocycles. The molecule has 0 amide bonds. The van der Waals surface area contributed by atoms with Crippen molar-refractivity contribution in [1.29, 1.82) is 0 Å². The molecule has 1 heterocycles. The zero-order valence-corrected chi connectivity index (χ0v) is 15.9. The molecule has 1 saturated heterocycles. The monoisotopic (exact) mass is 343 g/mol. The molecule has 4 heteroatoms. The fourth-order valence-electron chi connectivity index (χ4n) is 2.72. The first kappa shape index (κ1) is 20.0. The van der Waals surface area contributed by atoms with Crippen LogP contribution in [0.2, 0.25) is 0 Å². The predicted molar refractivity (Wildman–Crippen MR) is 104 cm³/mol. The van der Waals surface area contributed by atoms with E-state index >= 15 is 0 Å². The Bertz CT molecular complexity index is 333. The number of aliphatic hydroxyl groups is 1. The summed E-state index contributed by atoms with van der Waals surface area (Å²) in [6, 6.07) is 0.379. The Morgan fingerprint density at radius 1 is 1.18 bits per heavy atom. The number of rotatable bonds is 12. The molecule has 0 aromatic rings. The van der Waals surface area contributed by atoms with Crippen LogP contribution in [0.5, 0.6) is 0 Å². The summed E-state index contributed by atoms with van der Waals surface area (Å²) in [5.74, 6) is 1.03. The van der Waals surface area contributed by atoms with Gasteiger partial charge in [0.05, 0.1) is 12.1 Å². The van der Waals surface area contributed by atoms with Gasteiger partial charge in [-0.25, -0.2) is 0 Å². The van der Waals surface area contributed by atoms with Gasteiger partial charge < -0.3 is 10.0 Å². The van der Waals surface area contributed by atoms with Gasteiger partial charge in [-0.05, 0) is 12.8 Å². The average molecular weight is 344 g/mol. The van der Waals surface area contributed by atoms with Crippen molar-refractivity contribution in [2.24, 2.45) is 0 Å². The minimum Gasteiger partial charge on any atom is -0.389 e. The number of hydrogen-bond acceptors (Lipinski definition) is 3. The highest BCUT2D eigenvalue weighted by Gasteiger charge is 2.26. The fraction of sp³-hybridized carbons (Fsp3) is 0.833. The third kappa shape index (κ3) is 7.98. The van der Waals surface area contributed by atoms with Crippen LogP contribution in [0.15, 0.2) is 12.2 Å². The van der Waals surface area contributed by atoms with Gasteiger partial charge in [-0.3, -0.25) is 0 Å². The van der Waals surface area contributed by atoms with Crippen LogP contribution >= 0.6 is 24.0 Å². The smallest absolute Gasteiger partial charge is 0.136 e. The Morgan fingerprint density at radius 2 is 1.86 bits per heavy atom. The van der Waals surface area contributed by atoms with E-state index in [4.69, 9.17) is 12.2 Å². The first-order valence-corrected chi connectivity index (χ1v) is 10.4. The third-order valence-corrected chi connectivity index (χ3v) is 5.75. The van der Waals surface area contributed by atoms with Gasteiger partial charge in [-0.2, -0.15) is 0 Å². The van der Waals surface area contributed by atoms with Crippen LogP contribution in [0.25, 0.3) is 0 Å². The summed E-state index contributed by atoms with van der Waals surface area (Å²) in [4.78, 5) is 2.35. The standard InChI is InChI=1S/C18H33NOS2/c1-3-5-7-8-10-14-19-16(15-22-18(19)21)12-13-17(20)11-9-6-4-2/h12-13,16-17,20H,3-11,14-15H2,1-2H3/b13-12+. The molecule has 1 fully saturated rings. The minimum atomic E-state index is -0.294. The molecule has 2 unspecified atom stereocenters. The second kappa shape index (κ2) is 12.4. The minimum absolute atomic E-state index is 0.294. The zero-order valence-electron chi connectivity index (χ0n) is 14.3. The van der Waals surface area contributed by atoms with E-state index < -0.39 is 0 Å². The van der Waals surface area contributed by atoms with Gasteiger partial charge >= 0.3 is 0 Å². The largest absolute Gasteiger partial charge is 0.389 e. The van der Waals surface area contributed by atoms with Gasteiger partial charge in [0.1, 0.15) is 4.32 Å². The lowest BCUT2D eigenvalue weighted by Gasteiger charge is -2.23. The first-order valence-electron chi connectivity index (χ1n) is 8.98. The summed E-state index contributed by atoms with van der Waals surface area (Å²) >= 11 is 7.26. The lowest BCUT2D eigenvalue weighted by atomic mass is 10.1. The Labute approximate surface area is 146 Å². The number of nitrogens with zero attached hydrogens (tertiary/aromatic N) is 1. The molecule has 0 spiro atoms. The molecular weight excluding hydrogens is 310 g/mol. The maximum absolute atomic E-state index is 10.0. The van der Waals surface area contributed by atoms with Crippen molar-refractivity contribution in [3.63, 3.8) is 0 Å². The van der Waals surface area contributed by atoms with Crippen molar-refractivity contribution < 1.29 is 5.11 Å². The van der Waals surface area contributed by atoms with E-state index in [0.29, 0.717) is 6.04 Å². The number of unbranched alkanes of at least 4 members (excludes halogenated alkanes) is 6. The molecule has 0 bridgehead atoms. The number of hydrogen-bond donors (Lipinski definition) is 1. The molecule has 22 heavy (non-hydrogen) atoms. The van der Waals surface area contributed by atoms with Gasteiger partial charge in [-0.1, -0.05) is 94.9 Å². The number of thioether (sulfide) groups is 1. The summed E-state index contributed by atoms with van der Waals surface area (Å²) in [6.45, 7) is 5.51. The lowest BCUT2D eigenvalue weighted by Crippen LogP contribution is -2.32. The molecule has 1 aliphatic rings. The Hall–Kier alpha value is -0.0600. The lowest BCUT2D eigenvalue weighted by molar-refractivity contribution is 0.207. The topological polar surface area (TPSA) is 23.5 Å². The fourth-order valence-corrected chi connectivity index (χ4v) is 4.15. The van der Waals surface area contributed by atoms with Crippen molar-refractivity contribution in [2.45, 2.75) is 83.8 Å². The van der Waals surface area contributed by atoms with Gasteiger partial charge in [0, 0.05) is 12.3 Å². The van der Waals surface area contributed by atoms with Crippen LogP contribution in [-0.4, -0.2) is 38.8 Å². The summed E-state index contributed by atoms with van der Waals surface area (Å²) in [5, 5.41) is 10.0. The molecular formula is C18H33NOS2. The SMILES string of the molecule is CCCCCCCN1C(=S)SCC1/C=C/C(O)CCCCC. The van der Waals surface area contributed by atoms with Crippen molar-refractivity contribution in [2.75, 3.05) is 12.3 Å². The number of thiocarbonyl (C=S) groups is 1. The van der Waals surface area contributed by atoms with Gasteiger partial charge in [0.2, 0.25) is 0 Å². The van der Waals surface area contributed by atoms with Crippen LogP contribution in [0.1, 0.15) is 71.6 Å². The van der Waals surface area contributed by atoms with Crippen LogP contribution in [0.3, 0.4) is 0 Å². The second-order valence-corrected chi connectivity index (χ2v) is 7.85. The molecule has 0 radical (unpaired) electrons. The van der Waals surface area contributed by atoms with Crippen molar-refractivity contribution >= 4 is 28.3 Å². The van der Waals surface area contributed by atoms with E-state index in [2.05, 4.69) is 24.8 Å². The average Bonchev–Trinajstić information content (AvgIpc) is 2.86. The molecule has 1 rings (SSSR count). The normalized spacial score (nSPS) is 20.2. The van der Waals surface area contributed by atoms with Gasteiger partial charge in [0.25, 0.3) is 0 Å².